The lowest BCUT2D eigenvalue weighted by molar-refractivity contribution is 0.0507. The Morgan fingerprint density at radius 1 is 1.37 bits per heavy atom. The second-order valence-electron chi connectivity index (χ2n) is 4.92. The van der Waals surface area contributed by atoms with E-state index in [1.54, 1.807) is 11.8 Å². The van der Waals surface area contributed by atoms with Gasteiger partial charge in [0.25, 0.3) is 0 Å². The molecule has 0 atom stereocenters. The Balaban J connectivity index is 1.83. The van der Waals surface area contributed by atoms with Gasteiger partial charge in [0.05, 0.1) is 12.3 Å². The first-order chi connectivity index (χ1) is 9.31. The molecule has 0 amide bonds. The maximum Gasteiger partial charge on any atom is 0.240 e. The van der Waals surface area contributed by atoms with Gasteiger partial charge in [0.1, 0.15) is 0 Å². The Morgan fingerprint density at radius 3 is 2.84 bits per heavy atom. The molecule has 1 aromatic heterocycles. The highest BCUT2D eigenvalue weighted by molar-refractivity contribution is 7.97. The van der Waals surface area contributed by atoms with Gasteiger partial charge in [-0.2, -0.15) is 16.7 Å². The van der Waals surface area contributed by atoms with E-state index in [1.807, 2.05) is 6.26 Å². The Kier molecular flexibility index (Phi) is 6.13. The molecule has 1 fully saturated rings. The smallest absolute Gasteiger partial charge is 0.240 e. The van der Waals surface area contributed by atoms with Gasteiger partial charge in [0, 0.05) is 19.8 Å². The molecule has 0 bridgehead atoms. The van der Waals surface area contributed by atoms with E-state index in [2.05, 4.69) is 22.0 Å². The third-order valence-electron chi connectivity index (χ3n) is 3.45. The molecule has 1 saturated heterocycles. The monoisotopic (exact) mass is 285 g/mol. The fourth-order valence-corrected chi connectivity index (χ4v) is 2.71. The summed E-state index contributed by atoms with van der Waals surface area (Å²) < 4.78 is 10.7. The predicted octanol–water partition coefficient (Wildman–Crippen LogP) is 2.18. The molecule has 0 radical (unpaired) electrons. The SMILES string of the molecule is CCN(Cc1nc(CSC)no1)CC1CCOCC1. The molecular weight excluding hydrogens is 262 g/mol. The van der Waals surface area contributed by atoms with Gasteiger partial charge < -0.3 is 9.26 Å². The van der Waals surface area contributed by atoms with Gasteiger partial charge in [-0.05, 0) is 31.6 Å². The summed E-state index contributed by atoms with van der Waals surface area (Å²) >= 11 is 1.71. The Bertz CT molecular complexity index is 367. The fourth-order valence-electron chi connectivity index (χ4n) is 2.33. The number of thioether (sulfide) groups is 1. The molecule has 19 heavy (non-hydrogen) atoms. The summed E-state index contributed by atoms with van der Waals surface area (Å²) in [5.74, 6) is 3.08. The van der Waals surface area contributed by atoms with E-state index in [1.165, 1.54) is 0 Å². The van der Waals surface area contributed by atoms with Crippen molar-refractivity contribution >= 4 is 11.8 Å². The summed E-state index contributed by atoms with van der Waals surface area (Å²) in [5.41, 5.74) is 0. The molecule has 108 valence electrons. The van der Waals surface area contributed by atoms with Crippen LogP contribution < -0.4 is 0 Å². The largest absolute Gasteiger partial charge is 0.381 e. The zero-order valence-corrected chi connectivity index (χ0v) is 12.6. The second kappa shape index (κ2) is 7.87. The van der Waals surface area contributed by atoms with Crippen LogP contribution in [-0.2, 0) is 17.0 Å². The molecule has 0 aliphatic carbocycles. The summed E-state index contributed by atoms with van der Waals surface area (Å²) in [5, 5.41) is 3.99. The molecule has 0 spiro atoms. The summed E-state index contributed by atoms with van der Waals surface area (Å²) in [4.78, 5) is 6.80. The van der Waals surface area contributed by atoms with Crippen molar-refractivity contribution in [3.63, 3.8) is 0 Å². The third-order valence-corrected chi connectivity index (χ3v) is 3.99. The average Bonchev–Trinajstić information content (AvgIpc) is 2.87. The second-order valence-corrected chi connectivity index (χ2v) is 5.79. The van der Waals surface area contributed by atoms with Crippen LogP contribution in [0.2, 0.25) is 0 Å². The molecule has 2 heterocycles. The van der Waals surface area contributed by atoms with Crippen LogP contribution in [0.15, 0.2) is 4.52 Å². The molecule has 6 heteroatoms. The number of nitrogens with zero attached hydrogens (tertiary/aromatic N) is 3. The van der Waals surface area contributed by atoms with Crippen molar-refractivity contribution in [3.8, 4) is 0 Å². The van der Waals surface area contributed by atoms with Crippen molar-refractivity contribution in [2.45, 2.75) is 32.1 Å². The van der Waals surface area contributed by atoms with Gasteiger partial charge in [-0.3, -0.25) is 4.90 Å². The highest BCUT2D eigenvalue weighted by Gasteiger charge is 2.18. The van der Waals surface area contributed by atoms with Gasteiger partial charge in [0.15, 0.2) is 5.82 Å². The lowest BCUT2D eigenvalue weighted by Crippen LogP contribution is -2.32. The maximum atomic E-state index is 5.40. The van der Waals surface area contributed by atoms with Crippen LogP contribution in [-0.4, -0.2) is 47.6 Å². The lowest BCUT2D eigenvalue weighted by atomic mass is 10.00. The van der Waals surface area contributed by atoms with Crippen LogP contribution in [0.25, 0.3) is 0 Å². The van der Waals surface area contributed by atoms with Crippen LogP contribution >= 0.6 is 11.8 Å². The van der Waals surface area contributed by atoms with E-state index < -0.39 is 0 Å². The Morgan fingerprint density at radius 2 is 2.16 bits per heavy atom. The molecule has 1 aliphatic heterocycles. The minimum absolute atomic E-state index is 0.734. The summed E-state index contributed by atoms with van der Waals surface area (Å²) in [6.45, 7) is 6.85. The zero-order chi connectivity index (χ0) is 13.5. The first kappa shape index (κ1) is 14.8. The molecule has 5 nitrogen and oxygen atoms in total. The van der Waals surface area contributed by atoms with Crippen LogP contribution in [0.5, 0.6) is 0 Å². The first-order valence-corrected chi connectivity index (χ1v) is 8.31. The number of ether oxygens (including phenoxy) is 1. The minimum Gasteiger partial charge on any atom is -0.381 e. The molecule has 0 saturated carbocycles. The Hall–Kier alpha value is -0.590. The topological polar surface area (TPSA) is 51.4 Å². The predicted molar refractivity (Wildman–Crippen MR) is 76.0 cm³/mol. The number of hydrogen-bond acceptors (Lipinski definition) is 6. The van der Waals surface area contributed by atoms with Crippen LogP contribution in [0.3, 0.4) is 0 Å². The number of aromatic nitrogens is 2. The van der Waals surface area contributed by atoms with E-state index in [0.29, 0.717) is 0 Å². The summed E-state index contributed by atoms with van der Waals surface area (Å²) in [6.07, 6.45) is 4.37. The average molecular weight is 285 g/mol. The molecule has 2 rings (SSSR count). The fraction of sp³-hybridized carbons (Fsp3) is 0.846. The van der Waals surface area contributed by atoms with Crippen molar-refractivity contribution in [3.05, 3.63) is 11.7 Å². The Labute approximate surface area is 119 Å². The van der Waals surface area contributed by atoms with Crippen LogP contribution in [0.1, 0.15) is 31.5 Å². The van der Waals surface area contributed by atoms with Crippen molar-refractivity contribution < 1.29 is 9.26 Å². The van der Waals surface area contributed by atoms with Crippen LogP contribution in [0, 0.1) is 5.92 Å². The standard InChI is InChI=1S/C13H23N3O2S/c1-3-16(8-11-4-6-17-7-5-11)9-13-14-12(10-19-2)15-18-13/h11H,3-10H2,1-2H3. The van der Waals surface area contributed by atoms with E-state index in [4.69, 9.17) is 9.26 Å². The van der Waals surface area contributed by atoms with Gasteiger partial charge in [-0.15, -0.1) is 0 Å². The van der Waals surface area contributed by atoms with Gasteiger partial charge in [-0.25, -0.2) is 0 Å². The zero-order valence-electron chi connectivity index (χ0n) is 11.8. The van der Waals surface area contributed by atoms with E-state index in [0.717, 1.165) is 69.1 Å². The van der Waals surface area contributed by atoms with Gasteiger partial charge in [0.2, 0.25) is 5.89 Å². The van der Waals surface area contributed by atoms with Crippen molar-refractivity contribution in [1.82, 2.24) is 15.0 Å². The molecule has 0 unspecified atom stereocenters. The normalized spacial score (nSPS) is 17.2. The van der Waals surface area contributed by atoms with E-state index in [9.17, 15) is 0 Å². The highest BCUT2D eigenvalue weighted by Crippen LogP contribution is 2.17. The number of hydrogen-bond donors (Lipinski definition) is 0. The lowest BCUT2D eigenvalue weighted by Gasteiger charge is -2.27. The van der Waals surface area contributed by atoms with Gasteiger partial charge in [-0.1, -0.05) is 12.1 Å². The molecular formula is C13H23N3O2S. The van der Waals surface area contributed by atoms with E-state index in [-0.39, 0.29) is 0 Å². The molecule has 0 N–H and O–H groups in total. The van der Waals surface area contributed by atoms with Gasteiger partial charge >= 0.3 is 0 Å². The minimum atomic E-state index is 0.734. The number of rotatable bonds is 7. The molecule has 1 aliphatic rings. The van der Waals surface area contributed by atoms with Crippen molar-refractivity contribution in [2.24, 2.45) is 5.92 Å². The van der Waals surface area contributed by atoms with Crippen molar-refractivity contribution in [2.75, 3.05) is 32.6 Å². The van der Waals surface area contributed by atoms with Crippen molar-refractivity contribution in [1.29, 1.82) is 0 Å². The van der Waals surface area contributed by atoms with E-state index >= 15 is 0 Å². The molecule has 0 aromatic carbocycles. The quantitative estimate of drug-likeness (QED) is 0.765. The molecule has 1 aromatic rings. The third kappa shape index (κ3) is 4.78. The summed E-state index contributed by atoms with van der Waals surface area (Å²) in [6, 6.07) is 0. The summed E-state index contributed by atoms with van der Waals surface area (Å²) in [7, 11) is 0. The maximum absolute atomic E-state index is 5.40. The highest BCUT2D eigenvalue weighted by atomic mass is 32.2. The van der Waals surface area contributed by atoms with Crippen LogP contribution in [0.4, 0.5) is 0 Å². The first-order valence-electron chi connectivity index (χ1n) is 6.92.